The average Bonchev–Trinajstić information content (AvgIpc) is 2.07. The number of hydrogen-bond acceptors (Lipinski definition) is 5. The Morgan fingerprint density at radius 2 is 2.00 bits per heavy atom. The van der Waals surface area contributed by atoms with E-state index < -0.39 is 12.4 Å². The van der Waals surface area contributed by atoms with E-state index in [1.165, 1.54) is 7.11 Å². The van der Waals surface area contributed by atoms with Crippen LogP contribution >= 0.6 is 0 Å². The molecule has 4 N–H and O–H groups in total. The minimum atomic E-state index is -0.698. The maximum absolute atomic E-state index is 8.62. The summed E-state index contributed by atoms with van der Waals surface area (Å²) in [6.45, 7) is -0.209. The molecule has 0 saturated carbocycles. The molecule has 0 fully saturated rings. The Bertz CT molecular complexity index is 72.7. The van der Waals surface area contributed by atoms with Crippen LogP contribution in [-0.4, -0.2) is 49.5 Å². The van der Waals surface area contributed by atoms with Crippen molar-refractivity contribution in [3.8, 4) is 0 Å². The third-order valence-electron chi connectivity index (χ3n) is 1.22. The van der Waals surface area contributed by atoms with Gasteiger partial charge in [-0.3, -0.25) is 0 Å². The summed E-state index contributed by atoms with van der Waals surface area (Å²) in [6.07, 6.45) is -1.16. The van der Waals surface area contributed by atoms with Gasteiger partial charge < -0.3 is 25.4 Å². The van der Waals surface area contributed by atoms with Gasteiger partial charge in [0.1, 0.15) is 0 Å². The van der Waals surface area contributed by atoms with Crippen molar-refractivity contribution in [1.82, 2.24) is 0 Å². The molecule has 0 aliphatic carbocycles. The van der Waals surface area contributed by atoms with E-state index in [9.17, 15) is 0 Å². The van der Waals surface area contributed by atoms with Gasteiger partial charge in [0.05, 0.1) is 19.3 Å². The maximum atomic E-state index is 8.62. The van der Waals surface area contributed by atoms with Crippen LogP contribution in [-0.2, 0) is 9.47 Å². The zero-order chi connectivity index (χ0) is 8.69. The molecule has 0 spiro atoms. The van der Waals surface area contributed by atoms with Gasteiger partial charge in [-0.15, -0.1) is 0 Å². The quantitative estimate of drug-likeness (QED) is 0.408. The number of hydrogen-bond donors (Lipinski definition) is 3. The van der Waals surface area contributed by atoms with E-state index in [2.05, 4.69) is 0 Å². The Morgan fingerprint density at radius 3 is 2.27 bits per heavy atom. The zero-order valence-electron chi connectivity index (χ0n) is 6.56. The molecule has 68 valence electrons. The van der Waals surface area contributed by atoms with Crippen LogP contribution in [0, 0.1) is 0 Å². The maximum Gasteiger partial charge on any atom is 0.180 e. The highest BCUT2D eigenvalue weighted by Crippen LogP contribution is 1.96. The fourth-order valence-electron chi connectivity index (χ4n) is 0.561. The second kappa shape index (κ2) is 6.51. The van der Waals surface area contributed by atoms with Crippen molar-refractivity contribution in [2.45, 2.75) is 12.4 Å². The summed E-state index contributed by atoms with van der Waals surface area (Å²) in [7, 11) is 1.41. The number of ether oxygens (including phenoxy) is 2. The summed E-state index contributed by atoms with van der Waals surface area (Å²) < 4.78 is 9.69. The van der Waals surface area contributed by atoms with Crippen LogP contribution < -0.4 is 5.73 Å². The van der Waals surface area contributed by atoms with Crippen molar-refractivity contribution < 1.29 is 19.7 Å². The van der Waals surface area contributed by atoms with Gasteiger partial charge in [0, 0.05) is 13.7 Å². The van der Waals surface area contributed by atoms with Crippen molar-refractivity contribution in [1.29, 1.82) is 0 Å². The van der Waals surface area contributed by atoms with E-state index in [4.69, 9.17) is 25.4 Å². The normalized spacial score (nSPS) is 16.4. The van der Waals surface area contributed by atoms with E-state index in [1.54, 1.807) is 0 Å². The molecule has 0 aliphatic rings. The lowest BCUT2D eigenvalue weighted by Crippen LogP contribution is -2.34. The number of aliphatic hydroxyl groups excluding tert-OH is 2. The van der Waals surface area contributed by atoms with Crippen molar-refractivity contribution in [2.24, 2.45) is 5.73 Å². The zero-order valence-corrected chi connectivity index (χ0v) is 6.56. The van der Waals surface area contributed by atoms with Crippen LogP contribution in [0.2, 0.25) is 0 Å². The summed E-state index contributed by atoms with van der Waals surface area (Å²) in [5.74, 6) is 0. The lowest BCUT2D eigenvalue weighted by Gasteiger charge is -2.19. The van der Waals surface area contributed by atoms with Crippen molar-refractivity contribution in [3.05, 3.63) is 0 Å². The molecule has 0 unspecified atom stereocenters. The molecule has 0 aliphatic heterocycles. The standard InChI is InChI=1S/C6H15NO4/c1-10-6(4-9)11-5(2-7)3-8/h5-6,8-9H,2-4,7H2,1H3/t5-,6-/m1/s1. The van der Waals surface area contributed by atoms with Crippen LogP contribution in [0.4, 0.5) is 0 Å². The molecule has 0 aromatic heterocycles. The molecule has 0 aromatic carbocycles. The van der Waals surface area contributed by atoms with Gasteiger partial charge in [-0.1, -0.05) is 0 Å². The van der Waals surface area contributed by atoms with Crippen LogP contribution in [0.3, 0.4) is 0 Å². The fourth-order valence-corrected chi connectivity index (χ4v) is 0.561. The second-order valence-electron chi connectivity index (χ2n) is 2.02. The van der Waals surface area contributed by atoms with Gasteiger partial charge in [0.25, 0.3) is 0 Å². The highest BCUT2D eigenvalue weighted by molar-refractivity contribution is 4.56. The summed E-state index contributed by atoms with van der Waals surface area (Å²) >= 11 is 0. The molecule has 0 amide bonds. The van der Waals surface area contributed by atoms with E-state index in [0.717, 1.165) is 0 Å². The molecule has 0 rings (SSSR count). The molecule has 11 heavy (non-hydrogen) atoms. The molecule has 2 atom stereocenters. The van der Waals surface area contributed by atoms with Crippen LogP contribution in [0.1, 0.15) is 0 Å². The highest BCUT2D eigenvalue weighted by Gasteiger charge is 2.12. The first kappa shape index (κ1) is 10.8. The summed E-state index contributed by atoms with van der Waals surface area (Å²) in [6, 6.07) is 0. The molecular weight excluding hydrogens is 150 g/mol. The largest absolute Gasteiger partial charge is 0.394 e. The SMILES string of the molecule is CO[C@@H](CO)O[C@H](CN)CO. The number of nitrogens with two attached hydrogens (primary N) is 1. The van der Waals surface area contributed by atoms with Crippen molar-refractivity contribution in [3.63, 3.8) is 0 Å². The first-order chi connectivity index (χ1) is 5.28. The predicted octanol–water partition coefficient (Wildman–Crippen LogP) is -1.71. The van der Waals surface area contributed by atoms with Crippen LogP contribution in [0.5, 0.6) is 0 Å². The van der Waals surface area contributed by atoms with E-state index in [1.807, 2.05) is 0 Å². The van der Waals surface area contributed by atoms with Gasteiger partial charge in [-0.2, -0.15) is 0 Å². The molecule has 0 saturated heterocycles. The van der Waals surface area contributed by atoms with Gasteiger partial charge in [-0.05, 0) is 0 Å². The van der Waals surface area contributed by atoms with E-state index >= 15 is 0 Å². The van der Waals surface area contributed by atoms with Gasteiger partial charge in [0.15, 0.2) is 6.29 Å². The Kier molecular flexibility index (Phi) is 6.39. The Labute approximate surface area is 65.7 Å². The Balaban J connectivity index is 3.58. The topological polar surface area (TPSA) is 84.9 Å². The first-order valence-corrected chi connectivity index (χ1v) is 3.38. The van der Waals surface area contributed by atoms with Crippen molar-refractivity contribution >= 4 is 0 Å². The summed E-state index contributed by atoms with van der Waals surface area (Å²) in [5, 5.41) is 17.2. The van der Waals surface area contributed by atoms with Crippen LogP contribution in [0.15, 0.2) is 0 Å². The second-order valence-corrected chi connectivity index (χ2v) is 2.02. The minimum absolute atomic E-state index is 0.170. The lowest BCUT2D eigenvalue weighted by molar-refractivity contribution is -0.178. The number of aliphatic hydroxyl groups is 2. The molecule has 0 bridgehead atoms. The summed E-state index contributed by atoms with van der Waals surface area (Å²) in [4.78, 5) is 0. The lowest BCUT2D eigenvalue weighted by atomic mass is 10.4. The monoisotopic (exact) mass is 165 g/mol. The smallest absolute Gasteiger partial charge is 0.180 e. The molecule has 5 heteroatoms. The third-order valence-corrected chi connectivity index (χ3v) is 1.22. The van der Waals surface area contributed by atoms with Gasteiger partial charge >= 0.3 is 0 Å². The molecule has 0 heterocycles. The number of rotatable bonds is 6. The molecule has 0 radical (unpaired) electrons. The molecule has 5 nitrogen and oxygen atoms in total. The minimum Gasteiger partial charge on any atom is -0.394 e. The highest BCUT2D eigenvalue weighted by atomic mass is 16.7. The molecule has 0 aromatic rings. The predicted molar refractivity (Wildman–Crippen MR) is 38.9 cm³/mol. The third kappa shape index (κ3) is 4.28. The molecular formula is C6H15NO4. The van der Waals surface area contributed by atoms with E-state index in [0.29, 0.717) is 0 Å². The summed E-state index contributed by atoms with van der Waals surface area (Å²) in [5.41, 5.74) is 5.22. The van der Waals surface area contributed by atoms with Gasteiger partial charge in [0.2, 0.25) is 0 Å². The number of methoxy groups -OCH3 is 1. The van der Waals surface area contributed by atoms with Crippen molar-refractivity contribution in [2.75, 3.05) is 26.9 Å². The first-order valence-electron chi connectivity index (χ1n) is 3.38. The van der Waals surface area contributed by atoms with Crippen LogP contribution in [0.25, 0.3) is 0 Å². The average molecular weight is 165 g/mol. The Morgan fingerprint density at radius 1 is 1.36 bits per heavy atom. The van der Waals surface area contributed by atoms with E-state index in [-0.39, 0.29) is 19.8 Å². The Hall–Kier alpha value is -0.200. The van der Waals surface area contributed by atoms with Gasteiger partial charge in [-0.25, -0.2) is 0 Å². The fraction of sp³-hybridized carbons (Fsp3) is 1.00.